The van der Waals surface area contributed by atoms with Crippen molar-refractivity contribution in [2.24, 2.45) is 0 Å². The van der Waals surface area contributed by atoms with Crippen molar-refractivity contribution in [3.8, 4) is 5.75 Å². The van der Waals surface area contributed by atoms with Gasteiger partial charge in [0.05, 0.1) is 17.2 Å². The smallest absolute Gasteiger partial charge is 0.311 e. The van der Waals surface area contributed by atoms with Crippen molar-refractivity contribution in [1.29, 1.82) is 0 Å². The first kappa shape index (κ1) is 24.4. The summed E-state index contributed by atoms with van der Waals surface area (Å²) in [6.07, 6.45) is 2.64. The van der Waals surface area contributed by atoms with Crippen LogP contribution in [0.5, 0.6) is 5.75 Å². The van der Waals surface area contributed by atoms with Crippen LogP contribution in [-0.4, -0.2) is 62.6 Å². The van der Waals surface area contributed by atoms with Crippen LogP contribution in [0.25, 0.3) is 0 Å². The van der Waals surface area contributed by atoms with E-state index in [1.54, 1.807) is 12.1 Å². The number of anilines is 2. The van der Waals surface area contributed by atoms with E-state index in [1.165, 1.54) is 36.2 Å². The first-order valence-electron chi connectivity index (χ1n) is 11.1. The minimum absolute atomic E-state index is 0. The summed E-state index contributed by atoms with van der Waals surface area (Å²) < 4.78 is 20.4. The Morgan fingerprint density at radius 1 is 1.27 bits per heavy atom. The van der Waals surface area contributed by atoms with E-state index < -0.39 is 16.6 Å². The largest absolute Gasteiger partial charge is 0.487 e. The maximum Gasteiger partial charge on any atom is 0.311 e. The number of carbonyl (C=O) groups excluding carboxylic acids is 1. The van der Waals surface area contributed by atoms with E-state index in [-0.39, 0.29) is 18.4 Å². The highest BCUT2D eigenvalue weighted by molar-refractivity contribution is 6.06. The Labute approximate surface area is 195 Å². The van der Waals surface area contributed by atoms with Crippen LogP contribution in [0, 0.1) is 15.9 Å². The third-order valence-corrected chi connectivity index (χ3v) is 6.02. The standard InChI is InChI=1S/C24H31FN4O4.H2/c1-5-6-13-33-23-10-7-17(14-22(23)29(31)32)24(30)27(4)18-8-9-21(20(25)15-18)28-12-11-19(16-28)26(2)3;/h7-10,14-15,19H,5-6,11-13,16H2,1-4H3;1H. The molecule has 0 saturated carbocycles. The lowest BCUT2D eigenvalue weighted by Gasteiger charge is -2.23. The summed E-state index contributed by atoms with van der Waals surface area (Å²) in [7, 11) is 5.55. The van der Waals surface area contributed by atoms with Gasteiger partial charge in [0.25, 0.3) is 5.91 Å². The Hall–Kier alpha value is -3.20. The number of carbonyl (C=O) groups is 1. The molecule has 1 aliphatic heterocycles. The van der Waals surface area contributed by atoms with Crippen LogP contribution in [0.4, 0.5) is 21.5 Å². The van der Waals surface area contributed by atoms with Crippen molar-refractivity contribution < 1.29 is 20.3 Å². The van der Waals surface area contributed by atoms with Crippen LogP contribution in [0.3, 0.4) is 0 Å². The number of nitro benzene ring substituents is 1. The predicted octanol–water partition coefficient (Wildman–Crippen LogP) is 4.58. The van der Waals surface area contributed by atoms with Crippen molar-refractivity contribution in [3.05, 3.63) is 57.9 Å². The number of nitrogens with zero attached hydrogens (tertiary/aromatic N) is 4. The predicted molar refractivity (Wildman–Crippen MR) is 129 cm³/mol. The first-order chi connectivity index (χ1) is 15.7. The molecule has 1 atom stereocenters. The van der Waals surface area contributed by atoms with Gasteiger partial charge in [-0.1, -0.05) is 13.3 Å². The summed E-state index contributed by atoms with van der Waals surface area (Å²) in [5.41, 5.74) is 0.741. The number of unbranched alkanes of at least 4 members (excludes halogenated alkanes) is 1. The van der Waals surface area contributed by atoms with Crippen molar-refractivity contribution in [1.82, 2.24) is 4.90 Å². The molecule has 0 aromatic heterocycles. The molecule has 2 aromatic carbocycles. The number of ether oxygens (including phenoxy) is 1. The molecule has 0 spiro atoms. The van der Waals surface area contributed by atoms with E-state index in [2.05, 4.69) is 4.90 Å². The van der Waals surface area contributed by atoms with Crippen molar-refractivity contribution >= 4 is 23.0 Å². The number of benzene rings is 2. The molecule has 8 nitrogen and oxygen atoms in total. The first-order valence-corrected chi connectivity index (χ1v) is 11.1. The Kier molecular flexibility index (Phi) is 7.86. The summed E-state index contributed by atoms with van der Waals surface area (Å²) in [4.78, 5) is 29.3. The van der Waals surface area contributed by atoms with Gasteiger partial charge in [0.2, 0.25) is 0 Å². The fourth-order valence-corrected chi connectivity index (χ4v) is 3.90. The van der Waals surface area contributed by atoms with E-state index in [4.69, 9.17) is 4.74 Å². The van der Waals surface area contributed by atoms with Gasteiger partial charge in [-0.05, 0) is 57.3 Å². The Morgan fingerprint density at radius 2 is 2.03 bits per heavy atom. The molecule has 0 N–H and O–H groups in total. The Balaban J connectivity index is 0.00000408. The minimum atomic E-state index is -0.566. The molecule has 2 aromatic rings. The molecule has 180 valence electrons. The van der Waals surface area contributed by atoms with Gasteiger partial charge in [0.15, 0.2) is 5.75 Å². The average molecular weight is 461 g/mol. The zero-order valence-corrected chi connectivity index (χ0v) is 19.6. The van der Waals surface area contributed by atoms with Gasteiger partial charge in [-0.25, -0.2) is 4.39 Å². The van der Waals surface area contributed by atoms with Crippen LogP contribution >= 0.6 is 0 Å². The third-order valence-electron chi connectivity index (χ3n) is 6.02. The van der Waals surface area contributed by atoms with Gasteiger partial charge in [-0.3, -0.25) is 14.9 Å². The third kappa shape index (κ3) is 5.60. The molecule has 0 radical (unpaired) electrons. The normalized spacial score (nSPS) is 15.7. The molecule has 1 saturated heterocycles. The molecule has 1 amide bonds. The number of hydrogen-bond acceptors (Lipinski definition) is 6. The average Bonchev–Trinajstić information content (AvgIpc) is 3.28. The van der Waals surface area contributed by atoms with Crippen LogP contribution in [-0.2, 0) is 0 Å². The number of nitro groups is 1. The van der Waals surface area contributed by atoms with Crippen LogP contribution in [0.1, 0.15) is 38.0 Å². The topological polar surface area (TPSA) is 79.2 Å². The summed E-state index contributed by atoms with van der Waals surface area (Å²) >= 11 is 0. The molecule has 0 aliphatic carbocycles. The molecule has 9 heteroatoms. The van der Waals surface area contributed by atoms with Gasteiger partial charge in [0, 0.05) is 44.9 Å². The minimum Gasteiger partial charge on any atom is -0.487 e. The summed E-state index contributed by atoms with van der Waals surface area (Å²) in [5, 5.41) is 11.5. The molecule has 33 heavy (non-hydrogen) atoms. The van der Waals surface area contributed by atoms with Crippen molar-refractivity contribution in [2.45, 2.75) is 32.2 Å². The highest BCUT2D eigenvalue weighted by atomic mass is 19.1. The van der Waals surface area contributed by atoms with Gasteiger partial charge in [-0.15, -0.1) is 0 Å². The molecule has 0 bridgehead atoms. The Morgan fingerprint density at radius 3 is 2.64 bits per heavy atom. The summed E-state index contributed by atoms with van der Waals surface area (Å²) in [5.74, 6) is -0.749. The summed E-state index contributed by atoms with van der Waals surface area (Å²) in [6, 6.07) is 9.20. The van der Waals surface area contributed by atoms with E-state index in [9.17, 15) is 19.3 Å². The summed E-state index contributed by atoms with van der Waals surface area (Å²) in [6.45, 7) is 3.87. The maximum absolute atomic E-state index is 14.9. The molecule has 1 unspecified atom stereocenters. The number of likely N-dealkylation sites (N-methyl/N-ethyl adjacent to an activating group) is 1. The van der Waals surface area contributed by atoms with Gasteiger partial charge >= 0.3 is 5.69 Å². The maximum atomic E-state index is 14.9. The highest BCUT2D eigenvalue weighted by Crippen LogP contribution is 2.31. The van der Waals surface area contributed by atoms with Crippen LogP contribution in [0.15, 0.2) is 36.4 Å². The van der Waals surface area contributed by atoms with Crippen LogP contribution < -0.4 is 14.5 Å². The van der Waals surface area contributed by atoms with Crippen molar-refractivity contribution in [3.63, 3.8) is 0 Å². The number of amides is 1. The Bertz CT molecular complexity index is 1020. The quantitative estimate of drug-likeness (QED) is 0.310. The number of halogens is 1. The second kappa shape index (κ2) is 10.6. The fourth-order valence-electron chi connectivity index (χ4n) is 3.90. The zero-order valence-electron chi connectivity index (χ0n) is 19.6. The van der Waals surface area contributed by atoms with Crippen molar-refractivity contribution in [2.75, 3.05) is 50.6 Å². The highest BCUT2D eigenvalue weighted by Gasteiger charge is 2.27. The lowest BCUT2D eigenvalue weighted by Crippen LogP contribution is -2.31. The lowest BCUT2D eigenvalue weighted by molar-refractivity contribution is -0.385. The number of hydrogen-bond donors (Lipinski definition) is 0. The molecular weight excluding hydrogens is 427 g/mol. The molecule has 1 fully saturated rings. The molecule has 1 aliphatic rings. The van der Waals surface area contributed by atoms with E-state index in [0.29, 0.717) is 24.0 Å². The monoisotopic (exact) mass is 460 g/mol. The second-order valence-electron chi connectivity index (χ2n) is 8.49. The lowest BCUT2D eigenvalue weighted by atomic mass is 10.1. The fraction of sp³-hybridized carbons (Fsp3) is 0.458. The van der Waals surface area contributed by atoms with Gasteiger partial charge in [-0.2, -0.15) is 0 Å². The zero-order chi connectivity index (χ0) is 24.1. The van der Waals surface area contributed by atoms with Gasteiger partial charge in [0.1, 0.15) is 5.82 Å². The molecular formula is C24H33FN4O4. The van der Waals surface area contributed by atoms with E-state index in [0.717, 1.165) is 32.4 Å². The molecule has 1 heterocycles. The molecule has 3 rings (SSSR count). The van der Waals surface area contributed by atoms with E-state index >= 15 is 0 Å². The number of rotatable bonds is 9. The second-order valence-corrected chi connectivity index (χ2v) is 8.49. The SMILES string of the molecule is CCCCOc1ccc(C(=O)N(C)c2ccc(N3CCC(N(C)C)C3)c(F)c2)cc1[N+](=O)[O-].[HH]. The van der Waals surface area contributed by atoms with Crippen LogP contribution in [0.2, 0.25) is 0 Å². The van der Waals surface area contributed by atoms with E-state index in [1.807, 2.05) is 25.9 Å². The van der Waals surface area contributed by atoms with Gasteiger partial charge < -0.3 is 19.4 Å².